The van der Waals surface area contributed by atoms with Crippen molar-refractivity contribution in [3.63, 3.8) is 0 Å². The molecule has 2 heterocycles. The van der Waals surface area contributed by atoms with E-state index in [1.54, 1.807) is 11.0 Å². The van der Waals surface area contributed by atoms with Gasteiger partial charge in [-0.3, -0.25) is 0 Å². The van der Waals surface area contributed by atoms with Crippen molar-refractivity contribution < 1.29 is 22.7 Å². The SMILES string of the molecule is CCCNC(=O)N1CCCN(S(=O)(=O)c2ccc3c(c2)OCO3)CC1. The summed E-state index contributed by atoms with van der Waals surface area (Å²) in [5.74, 6) is 0.991. The average molecular weight is 369 g/mol. The van der Waals surface area contributed by atoms with Gasteiger partial charge in [-0.15, -0.1) is 0 Å². The summed E-state index contributed by atoms with van der Waals surface area (Å²) in [6, 6.07) is 4.50. The van der Waals surface area contributed by atoms with Crippen LogP contribution in [-0.4, -0.2) is 63.2 Å². The fourth-order valence-electron chi connectivity index (χ4n) is 2.87. The van der Waals surface area contributed by atoms with E-state index in [2.05, 4.69) is 5.32 Å². The van der Waals surface area contributed by atoms with Gasteiger partial charge in [-0.2, -0.15) is 4.31 Å². The number of nitrogens with zero attached hydrogens (tertiary/aromatic N) is 2. The summed E-state index contributed by atoms with van der Waals surface area (Å²) in [4.78, 5) is 13.9. The molecule has 2 aliphatic rings. The van der Waals surface area contributed by atoms with Gasteiger partial charge in [0.1, 0.15) is 0 Å². The van der Waals surface area contributed by atoms with Gasteiger partial charge >= 0.3 is 6.03 Å². The lowest BCUT2D eigenvalue weighted by Gasteiger charge is -2.22. The molecule has 1 saturated heterocycles. The van der Waals surface area contributed by atoms with Crippen molar-refractivity contribution in [2.45, 2.75) is 24.7 Å². The maximum Gasteiger partial charge on any atom is 0.317 e. The number of nitrogens with one attached hydrogen (secondary N) is 1. The molecular formula is C16H23N3O5S. The van der Waals surface area contributed by atoms with Crippen LogP contribution in [0.25, 0.3) is 0 Å². The lowest BCUT2D eigenvalue weighted by atomic mass is 10.3. The molecule has 1 N–H and O–H groups in total. The molecule has 0 saturated carbocycles. The third-order valence-corrected chi connectivity index (χ3v) is 6.14. The van der Waals surface area contributed by atoms with Crippen molar-refractivity contribution in [2.75, 3.05) is 39.5 Å². The molecule has 1 aromatic rings. The van der Waals surface area contributed by atoms with Crippen molar-refractivity contribution >= 4 is 16.1 Å². The Hall–Kier alpha value is -2.00. The second-order valence-corrected chi connectivity index (χ2v) is 7.93. The van der Waals surface area contributed by atoms with E-state index in [1.807, 2.05) is 6.92 Å². The highest BCUT2D eigenvalue weighted by atomic mass is 32.2. The minimum atomic E-state index is -3.63. The number of hydrogen-bond acceptors (Lipinski definition) is 5. The van der Waals surface area contributed by atoms with Gasteiger partial charge in [0.05, 0.1) is 4.90 Å². The van der Waals surface area contributed by atoms with Crippen LogP contribution in [0.4, 0.5) is 4.79 Å². The van der Waals surface area contributed by atoms with E-state index in [1.165, 1.54) is 16.4 Å². The molecule has 0 bridgehead atoms. The normalized spacial score (nSPS) is 18.0. The number of rotatable bonds is 4. The van der Waals surface area contributed by atoms with Gasteiger partial charge < -0.3 is 19.7 Å². The Kier molecular flexibility index (Phi) is 5.33. The van der Waals surface area contributed by atoms with Crippen LogP contribution in [0.2, 0.25) is 0 Å². The van der Waals surface area contributed by atoms with Crippen molar-refractivity contribution in [3.05, 3.63) is 18.2 Å². The van der Waals surface area contributed by atoms with Crippen molar-refractivity contribution in [2.24, 2.45) is 0 Å². The summed E-state index contributed by atoms with van der Waals surface area (Å²) < 4.78 is 37.7. The lowest BCUT2D eigenvalue weighted by Crippen LogP contribution is -2.42. The minimum absolute atomic E-state index is 0.102. The zero-order valence-electron chi connectivity index (χ0n) is 14.2. The first kappa shape index (κ1) is 17.8. The Morgan fingerprint density at radius 1 is 1.16 bits per heavy atom. The number of urea groups is 1. The number of hydrogen-bond donors (Lipinski definition) is 1. The molecule has 0 spiro atoms. The highest BCUT2D eigenvalue weighted by Crippen LogP contribution is 2.34. The van der Waals surface area contributed by atoms with Crippen molar-refractivity contribution in [3.8, 4) is 11.5 Å². The molecule has 25 heavy (non-hydrogen) atoms. The number of carbonyl (C=O) groups is 1. The summed E-state index contributed by atoms with van der Waals surface area (Å²) >= 11 is 0. The number of amides is 2. The van der Waals surface area contributed by atoms with Gasteiger partial charge in [0, 0.05) is 38.8 Å². The smallest absolute Gasteiger partial charge is 0.317 e. The fraction of sp³-hybridized carbons (Fsp3) is 0.562. The van der Waals surface area contributed by atoms with Gasteiger partial charge in [-0.25, -0.2) is 13.2 Å². The molecule has 8 nitrogen and oxygen atoms in total. The maximum atomic E-state index is 12.9. The third-order valence-electron chi connectivity index (χ3n) is 4.25. The van der Waals surface area contributed by atoms with Crippen molar-refractivity contribution in [1.82, 2.24) is 14.5 Å². The first-order valence-corrected chi connectivity index (χ1v) is 9.89. The monoisotopic (exact) mass is 369 g/mol. The average Bonchev–Trinajstić information content (AvgIpc) is 2.93. The van der Waals surface area contributed by atoms with Gasteiger partial charge in [0.25, 0.3) is 0 Å². The Labute approximate surface area is 147 Å². The van der Waals surface area contributed by atoms with E-state index in [0.717, 1.165) is 6.42 Å². The molecule has 0 unspecified atom stereocenters. The lowest BCUT2D eigenvalue weighted by molar-refractivity contribution is 0.174. The van der Waals surface area contributed by atoms with E-state index in [0.29, 0.717) is 44.1 Å². The van der Waals surface area contributed by atoms with E-state index >= 15 is 0 Å². The molecule has 1 aromatic carbocycles. The first-order valence-electron chi connectivity index (χ1n) is 8.45. The second-order valence-electron chi connectivity index (χ2n) is 5.99. The predicted molar refractivity (Wildman–Crippen MR) is 91.2 cm³/mol. The predicted octanol–water partition coefficient (Wildman–Crippen LogP) is 1.23. The molecule has 3 rings (SSSR count). The molecule has 0 aliphatic carbocycles. The Balaban J connectivity index is 1.70. The Bertz CT molecular complexity index is 737. The van der Waals surface area contributed by atoms with Gasteiger partial charge in [-0.05, 0) is 25.0 Å². The van der Waals surface area contributed by atoms with Crippen LogP contribution in [0.1, 0.15) is 19.8 Å². The molecule has 0 aromatic heterocycles. The topological polar surface area (TPSA) is 88.2 Å². The largest absolute Gasteiger partial charge is 0.454 e. The number of carbonyl (C=O) groups excluding carboxylic acids is 1. The molecule has 0 atom stereocenters. The van der Waals surface area contributed by atoms with Crippen molar-refractivity contribution in [1.29, 1.82) is 0 Å². The second kappa shape index (κ2) is 7.49. The van der Waals surface area contributed by atoms with Crippen LogP contribution in [0.5, 0.6) is 11.5 Å². The third kappa shape index (κ3) is 3.82. The molecular weight excluding hydrogens is 346 g/mol. The fourth-order valence-corrected chi connectivity index (χ4v) is 4.35. The Morgan fingerprint density at radius 3 is 2.76 bits per heavy atom. The zero-order valence-corrected chi connectivity index (χ0v) is 15.0. The summed E-state index contributed by atoms with van der Waals surface area (Å²) in [6.45, 7) is 4.29. The highest BCUT2D eigenvalue weighted by molar-refractivity contribution is 7.89. The molecule has 2 amide bonds. The van der Waals surface area contributed by atoms with Gasteiger partial charge in [0.2, 0.25) is 16.8 Å². The van der Waals surface area contributed by atoms with Crippen LogP contribution in [0, 0.1) is 0 Å². The van der Waals surface area contributed by atoms with Crippen LogP contribution in [-0.2, 0) is 10.0 Å². The maximum absolute atomic E-state index is 12.9. The van der Waals surface area contributed by atoms with E-state index in [-0.39, 0.29) is 24.3 Å². The van der Waals surface area contributed by atoms with Crippen LogP contribution in [0.15, 0.2) is 23.1 Å². The van der Waals surface area contributed by atoms with Crippen LogP contribution in [0.3, 0.4) is 0 Å². The van der Waals surface area contributed by atoms with Gasteiger partial charge in [0.15, 0.2) is 11.5 Å². The molecule has 138 valence electrons. The summed E-state index contributed by atoms with van der Waals surface area (Å²) in [7, 11) is -3.63. The van der Waals surface area contributed by atoms with E-state index < -0.39 is 10.0 Å². The number of benzene rings is 1. The zero-order chi connectivity index (χ0) is 17.9. The molecule has 0 radical (unpaired) electrons. The molecule has 2 aliphatic heterocycles. The van der Waals surface area contributed by atoms with E-state index in [9.17, 15) is 13.2 Å². The quantitative estimate of drug-likeness (QED) is 0.862. The molecule has 9 heteroatoms. The highest BCUT2D eigenvalue weighted by Gasteiger charge is 2.29. The standard InChI is InChI=1S/C16H23N3O5S/c1-2-6-17-16(20)18-7-3-8-19(10-9-18)25(21,22)13-4-5-14-15(11-13)24-12-23-14/h4-5,11H,2-3,6-10,12H2,1H3,(H,17,20). The summed E-state index contributed by atoms with van der Waals surface area (Å²) in [6.07, 6.45) is 1.47. The van der Waals surface area contributed by atoms with Crippen LogP contribution < -0.4 is 14.8 Å². The first-order chi connectivity index (χ1) is 12.0. The van der Waals surface area contributed by atoms with E-state index in [4.69, 9.17) is 9.47 Å². The number of ether oxygens (including phenoxy) is 2. The summed E-state index contributed by atoms with van der Waals surface area (Å²) in [5.41, 5.74) is 0. The van der Waals surface area contributed by atoms with Gasteiger partial charge in [-0.1, -0.05) is 6.92 Å². The summed E-state index contributed by atoms with van der Waals surface area (Å²) in [5, 5.41) is 2.83. The Morgan fingerprint density at radius 2 is 1.96 bits per heavy atom. The number of sulfonamides is 1. The number of fused-ring (bicyclic) bond motifs is 1. The van der Waals surface area contributed by atoms with Crippen LogP contribution >= 0.6 is 0 Å². The minimum Gasteiger partial charge on any atom is -0.454 e. The molecule has 1 fully saturated rings.